The minimum atomic E-state index is -0.0600. The second-order valence-corrected chi connectivity index (χ2v) is 7.78. The first-order chi connectivity index (χ1) is 13.6. The molecule has 1 aliphatic heterocycles. The van der Waals surface area contributed by atoms with Gasteiger partial charge in [-0.05, 0) is 37.3 Å². The Morgan fingerprint density at radius 2 is 2.04 bits per heavy atom. The minimum Gasteiger partial charge on any atom is -0.336 e. The van der Waals surface area contributed by atoms with Crippen LogP contribution in [0, 0.1) is 12.3 Å². The van der Waals surface area contributed by atoms with E-state index in [1.54, 1.807) is 24.8 Å². The Kier molecular flexibility index (Phi) is 3.92. The molecule has 142 valence electrons. The second-order valence-electron chi connectivity index (χ2n) is 7.78. The highest BCUT2D eigenvalue weighted by Crippen LogP contribution is 2.55. The molecule has 1 unspecified atom stereocenters. The second kappa shape index (κ2) is 6.47. The quantitative estimate of drug-likeness (QED) is 0.754. The first kappa shape index (κ1) is 17.0. The summed E-state index contributed by atoms with van der Waals surface area (Å²) in [5.41, 5.74) is 2.22. The van der Waals surface area contributed by atoms with Crippen molar-refractivity contribution in [2.45, 2.75) is 32.1 Å². The molecule has 2 fully saturated rings. The van der Waals surface area contributed by atoms with Crippen molar-refractivity contribution in [1.29, 1.82) is 0 Å². The van der Waals surface area contributed by atoms with Gasteiger partial charge in [-0.15, -0.1) is 0 Å². The van der Waals surface area contributed by atoms with Crippen LogP contribution in [0.25, 0.3) is 11.4 Å². The number of nitrogens with one attached hydrogen (secondary N) is 1. The number of amides is 1. The number of aromatic nitrogens is 6. The minimum absolute atomic E-state index is 0.0600. The number of carbonyl (C=O) groups is 1. The van der Waals surface area contributed by atoms with Crippen LogP contribution in [0.2, 0.25) is 0 Å². The average Bonchev–Trinajstić information content (AvgIpc) is 3.33. The Morgan fingerprint density at radius 3 is 2.71 bits per heavy atom. The number of hydrogen-bond acceptors (Lipinski definition) is 6. The monoisotopic (exact) mass is 375 g/mol. The molecule has 1 aliphatic carbocycles. The largest absolute Gasteiger partial charge is 0.336 e. The van der Waals surface area contributed by atoms with E-state index >= 15 is 0 Å². The van der Waals surface area contributed by atoms with Crippen LogP contribution in [0.3, 0.4) is 0 Å². The van der Waals surface area contributed by atoms with E-state index in [1.165, 1.54) is 6.42 Å². The van der Waals surface area contributed by atoms with Gasteiger partial charge < -0.3 is 4.90 Å². The fraction of sp³-hybridized carbons (Fsp3) is 0.400. The number of aryl methyl sites for hydroxylation is 1. The van der Waals surface area contributed by atoms with E-state index in [1.807, 2.05) is 24.0 Å². The highest BCUT2D eigenvalue weighted by atomic mass is 16.2. The van der Waals surface area contributed by atoms with E-state index in [0.717, 1.165) is 36.5 Å². The summed E-state index contributed by atoms with van der Waals surface area (Å²) in [6.07, 6.45) is 10.1. The third kappa shape index (κ3) is 2.76. The van der Waals surface area contributed by atoms with Crippen LogP contribution in [0.5, 0.6) is 0 Å². The topological polar surface area (TPSA) is 101 Å². The fourth-order valence-electron chi connectivity index (χ4n) is 4.36. The predicted molar refractivity (Wildman–Crippen MR) is 101 cm³/mol. The van der Waals surface area contributed by atoms with Crippen LogP contribution in [0.4, 0.5) is 0 Å². The smallest absolute Gasteiger partial charge is 0.274 e. The van der Waals surface area contributed by atoms with Gasteiger partial charge in [0.2, 0.25) is 0 Å². The van der Waals surface area contributed by atoms with Gasteiger partial charge in [-0.25, -0.2) is 9.97 Å². The van der Waals surface area contributed by atoms with Gasteiger partial charge in [0.15, 0.2) is 5.82 Å². The number of nitrogens with zero attached hydrogens (tertiary/aromatic N) is 6. The van der Waals surface area contributed by atoms with Crippen molar-refractivity contribution < 1.29 is 4.79 Å². The van der Waals surface area contributed by atoms with Gasteiger partial charge in [-0.3, -0.25) is 19.9 Å². The molecular weight excluding hydrogens is 354 g/mol. The fourth-order valence-corrected chi connectivity index (χ4v) is 4.36. The van der Waals surface area contributed by atoms with Crippen molar-refractivity contribution >= 4 is 5.91 Å². The molecule has 0 aromatic carbocycles. The van der Waals surface area contributed by atoms with Crippen LogP contribution < -0.4 is 0 Å². The number of pyridine rings is 1. The Morgan fingerprint density at radius 1 is 1.21 bits per heavy atom. The summed E-state index contributed by atoms with van der Waals surface area (Å²) in [6.45, 7) is 3.22. The lowest BCUT2D eigenvalue weighted by atomic mass is 9.62. The van der Waals surface area contributed by atoms with E-state index in [0.29, 0.717) is 18.1 Å². The Hall–Kier alpha value is -3.16. The third-order valence-electron chi connectivity index (χ3n) is 6.06. The molecule has 1 amide bonds. The molecule has 1 N–H and O–H groups in total. The normalized spacial score (nSPS) is 20.3. The lowest BCUT2D eigenvalue weighted by Gasteiger charge is -2.41. The maximum atomic E-state index is 13.0. The van der Waals surface area contributed by atoms with Crippen LogP contribution >= 0.6 is 0 Å². The Bertz CT molecular complexity index is 995. The molecule has 3 aromatic rings. The summed E-state index contributed by atoms with van der Waals surface area (Å²) in [5, 5.41) is 7.53. The molecule has 5 rings (SSSR count). The van der Waals surface area contributed by atoms with E-state index in [2.05, 4.69) is 25.1 Å². The van der Waals surface area contributed by atoms with Crippen LogP contribution in [0.15, 0.2) is 36.9 Å². The third-order valence-corrected chi connectivity index (χ3v) is 6.06. The van der Waals surface area contributed by atoms with E-state index in [-0.39, 0.29) is 17.2 Å². The van der Waals surface area contributed by atoms with Crippen molar-refractivity contribution in [2.75, 3.05) is 13.1 Å². The van der Waals surface area contributed by atoms with Crippen LogP contribution in [-0.2, 0) is 0 Å². The van der Waals surface area contributed by atoms with Crippen molar-refractivity contribution in [3.8, 4) is 11.4 Å². The zero-order valence-corrected chi connectivity index (χ0v) is 15.7. The summed E-state index contributed by atoms with van der Waals surface area (Å²) in [5.74, 6) is 1.62. The number of carbonyl (C=O) groups excluding carboxylic acids is 1. The zero-order valence-electron chi connectivity index (χ0n) is 15.7. The maximum Gasteiger partial charge on any atom is 0.274 e. The highest BCUT2D eigenvalue weighted by Gasteiger charge is 2.53. The molecule has 1 saturated carbocycles. The molecule has 3 aromatic heterocycles. The van der Waals surface area contributed by atoms with Crippen LogP contribution in [0.1, 0.15) is 47.2 Å². The zero-order chi connectivity index (χ0) is 19.1. The van der Waals surface area contributed by atoms with Gasteiger partial charge in [0.1, 0.15) is 11.5 Å². The number of rotatable bonds is 3. The molecule has 8 nitrogen and oxygen atoms in total. The molecule has 4 heterocycles. The maximum absolute atomic E-state index is 13.0. The van der Waals surface area contributed by atoms with Crippen molar-refractivity contribution in [3.05, 3.63) is 54.1 Å². The van der Waals surface area contributed by atoms with Gasteiger partial charge >= 0.3 is 0 Å². The Balaban J connectivity index is 1.41. The van der Waals surface area contributed by atoms with Gasteiger partial charge in [0.05, 0.1) is 11.9 Å². The van der Waals surface area contributed by atoms with Crippen molar-refractivity contribution in [1.82, 2.24) is 35.0 Å². The van der Waals surface area contributed by atoms with Gasteiger partial charge in [-0.1, -0.05) is 6.42 Å². The number of aromatic amines is 1. The molecule has 1 saturated heterocycles. The van der Waals surface area contributed by atoms with Gasteiger partial charge in [0.25, 0.3) is 5.91 Å². The molecule has 28 heavy (non-hydrogen) atoms. The molecule has 1 spiro atoms. The first-order valence-corrected chi connectivity index (χ1v) is 9.55. The molecule has 0 bridgehead atoms. The number of H-pyrrole nitrogens is 1. The van der Waals surface area contributed by atoms with E-state index in [9.17, 15) is 4.79 Å². The SMILES string of the molecule is Cc1cnc(C(=O)N2CC(c3nc(-c4ccncc4)n[nH]3)C3(CCC3)C2)cn1. The molecule has 0 radical (unpaired) electrons. The number of hydrogen-bond donors (Lipinski definition) is 1. The lowest BCUT2D eigenvalue weighted by Crippen LogP contribution is -2.38. The summed E-state index contributed by atoms with van der Waals surface area (Å²) in [7, 11) is 0. The molecular formula is C20H21N7O. The molecule has 8 heteroatoms. The van der Waals surface area contributed by atoms with Crippen molar-refractivity contribution in [2.24, 2.45) is 5.41 Å². The summed E-state index contributed by atoms with van der Waals surface area (Å²) in [6, 6.07) is 3.79. The molecule has 2 aliphatic rings. The van der Waals surface area contributed by atoms with E-state index < -0.39 is 0 Å². The summed E-state index contributed by atoms with van der Waals surface area (Å²) in [4.78, 5) is 32.1. The van der Waals surface area contributed by atoms with E-state index in [4.69, 9.17) is 4.98 Å². The number of likely N-dealkylation sites (tertiary alicyclic amines) is 1. The summed E-state index contributed by atoms with van der Waals surface area (Å²) < 4.78 is 0. The molecule has 1 atom stereocenters. The first-order valence-electron chi connectivity index (χ1n) is 9.55. The summed E-state index contributed by atoms with van der Waals surface area (Å²) >= 11 is 0. The van der Waals surface area contributed by atoms with Crippen LogP contribution in [-0.4, -0.2) is 54.0 Å². The highest BCUT2D eigenvalue weighted by molar-refractivity contribution is 5.92. The lowest BCUT2D eigenvalue weighted by molar-refractivity contribution is 0.0718. The average molecular weight is 375 g/mol. The van der Waals surface area contributed by atoms with Gasteiger partial charge in [0, 0.05) is 43.2 Å². The van der Waals surface area contributed by atoms with Gasteiger partial charge in [-0.2, -0.15) is 5.10 Å². The predicted octanol–water partition coefficient (Wildman–Crippen LogP) is 2.38. The Labute approximate surface area is 162 Å². The van der Waals surface area contributed by atoms with Crippen molar-refractivity contribution in [3.63, 3.8) is 0 Å². The standard InChI is InChI=1S/C20H21N7O/c1-13-9-23-16(10-22-13)19(28)27-11-15(20(12-27)5-2-6-20)18-24-17(25-26-18)14-3-7-21-8-4-14/h3-4,7-10,15H,2,5-6,11-12H2,1H3,(H,24,25,26).